The summed E-state index contributed by atoms with van der Waals surface area (Å²) in [7, 11) is -3.86. The van der Waals surface area contributed by atoms with Crippen molar-refractivity contribution in [1.29, 1.82) is 0 Å². The molecule has 0 radical (unpaired) electrons. The van der Waals surface area contributed by atoms with E-state index < -0.39 is 10.0 Å². The number of thiazole rings is 1. The summed E-state index contributed by atoms with van der Waals surface area (Å²) >= 11 is 0.934. The number of amides is 1. The van der Waals surface area contributed by atoms with E-state index in [1.807, 2.05) is 61.5 Å². The maximum atomic E-state index is 12.9. The first-order valence-corrected chi connectivity index (χ1v) is 11.6. The molecule has 0 fully saturated rings. The van der Waals surface area contributed by atoms with Gasteiger partial charge in [0.15, 0.2) is 9.34 Å². The van der Waals surface area contributed by atoms with Gasteiger partial charge in [0.2, 0.25) is 15.9 Å². The Bertz CT molecular complexity index is 1090. The molecular formula is C21H23N3O3S2. The second kappa shape index (κ2) is 8.86. The monoisotopic (exact) mass is 429 g/mol. The Morgan fingerprint density at radius 1 is 1.07 bits per heavy atom. The van der Waals surface area contributed by atoms with Gasteiger partial charge in [-0.15, -0.1) is 0 Å². The second-order valence-corrected chi connectivity index (χ2v) is 9.43. The topological polar surface area (TPSA) is 93.4 Å². The third-order valence-electron chi connectivity index (χ3n) is 4.40. The Morgan fingerprint density at radius 3 is 2.24 bits per heavy atom. The van der Waals surface area contributed by atoms with E-state index in [0.717, 1.165) is 34.4 Å². The number of hydrogen-bond donors (Lipinski definition) is 1. The second-order valence-electron chi connectivity index (χ2n) is 6.70. The molecule has 0 aliphatic carbocycles. The summed E-state index contributed by atoms with van der Waals surface area (Å²) in [5, 5.41) is 5.61. The van der Waals surface area contributed by atoms with E-state index in [1.54, 1.807) is 6.92 Å². The van der Waals surface area contributed by atoms with Gasteiger partial charge in [-0.05, 0) is 30.0 Å². The number of primary sulfonamides is 1. The summed E-state index contributed by atoms with van der Waals surface area (Å²) in [4.78, 5) is 18.8. The van der Waals surface area contributed by atoms with Crippen molar-refractivity contribution in [3.05, 3.63) is 65.9 Å². The van der Waals surface area contributed by atoms with Crippen molar-refractivity contribution in [2.45, 2.75) is 30.9 Å². The van der Waals surface area contributed by atoms with E-state index >= 15 is 0 Å². The first-order valence-electron chi connectivity index (χ1n) is 9.24. The fraction of sp³-hybridized carbons (Fsp3) is 0.238. The van der Waals surface area contributed by atoms with Crippen molar-refractivity contribution in [1.82, 2.24) is 4.98 Å². The number of anilines is 1. The largest absolute Gasteiger partial charge is 0.288 e. The van der Waals surface area contributed by atoms with E-state index in [4.69, 9.17) is 5.14 Å². The van der Waals surface area contributed by atoms with Crippen LogP contribution in [0.1, 0.15) is 24.6 Å². The normalized spacial score (nSPS) is 11.4. The van der Waals surface area contributed by atoms with Crippen molar-refractivity contribution in [2.24, 2.45) is 5.14 Å². The molecule has 0 bridgehead atoms. The lowest BCUT2D eigenvalue weighted by atomic mass is 10.0. The van der Waals surface area contributed by atoms with Gasteiger partial charge in [0.1, 0.15) is 0 Å². The van der Waals surface area contributed by atoms with Gasteiger partial charge >= 0.3 is 0 Å². The van der Waals surface area contributed by atoms with Crippen molar-refractivity contribution in [3.63, 3.8) is 0 Å². The number of sulfonamides is 1. The third kappa shape index (κ3) is 5.09. The Hall–Kier alpha value is -2.55. The number of nitrogens with two attached hydrogens (primary N) is 1. The van der Waals surface area contributed by atoms with E-state index in [-0.39, 0.29) is 16.5 Å². The molecule has 6 nitrogen and oxygen atoms in total. The van der Waals surface area contributed by atoms with Crippen LogP contribution in [-0.4, -0.2) is 25.9 Å². The van der Waals surface area contributed by atoms with E-state index in [9.17, 15) is 13.2 Å². The predicted octanol–water partition coefficient (Wildman–Crippen LogP) is 3.75. The van der Waals surface area contributed by atoms with Gasteiger partial charge in [-0.3, -0.25) is 9.69 Å². The van der Waals surface area contributed by atoms with Gasteiger partial charge in [-0.2, -0.15) is 0 Å². The predicted molar refractivity (Wildman–Crippen MR) is 116 cm³/mol. The minimum atomic E-state index is -3.86. The molecule has 8 heteroatoms. The van der Waals surface area contributed by atoms with E-state index in [0.29, 0.717) is 17.4 Å². The van der Waals surface area contributed by atoms with Crippen LogP contribution in [0, 0.1) is 6.92 Å². The molecule has 0 spiro atoms. The summed E-state index contributed by atoms with van der Waals surface area (Å²) in [6, 6.07) is 17.9. The molecule has 0 unspecified atom stereocenters. The van der Waals surface area contributed by atoms with Crippen molar-refractivity contribution < 1.29 is 13.2 Å². The maximum absolute atomic E-state index is 12.9. The smallest absolute Gasteiger partial charge is 0.249 e. The van der Waals surface area contributed by atoms with Crippen molar-refractivity contribution >= 4 is 32.4 Å². The Balaban J connectivity index is 1.80. The van der Waals surface area contributed by atoms with Gasteiger partial charge in [-0.25, -0.2) is 18.5 Å². The van der Waals surface area contributed by atoms with Gasteiger partial charge in [0, 0.05) is 6.54 Å². The van der Waals surface area contributed by atoms with Crippen LogP contribution in [0.15, 0.2) is 58.8 Å². The van der Waals surface area contributed by atoms with Crippen molar-refractivity contribution in [2.75, 3.05) is 11.4 Å². The van der Waals surface area contributed by atoms with Crippen LogP contribution >= 0.6 is 11.3 Å². The first kappa shape index (κ1) is 21.2. The van der Waals surface area contributed by atoms with Gasteiger partial charge < -0.3 is 0 Å². The average molecular weight is 430 g/mol. The highest BCUT2D eigenvalue weighted by molar-refractivity contribution is 7.91. The molecule has 0 saturated carbocycles. The Kier molecular flexibility index (Phi) is 6.46. The summed E-state index contributed by atoms with van der Waals surface area (Å²) < 4.78 is 23.4. The summed E-state index contributed by atoms with van der Waals surface area (Å²) in [6.07, 6.45) is 0.931. The Morgan fingerprint density at radius 2 is 1.69 bits per heavy atom. The standard InChI is InChI=1S/C21H23N3O3S2/c1-3-13-24(21-23-15(2)20(28-21)29(22,26)27)19(25)14-16-9-11-18(12-10-16)17-7-5-4-6-8-17/h4-12H,3,13-14H2,1-2H3,(H2,22,26,27). The molecule has 0 saturated heterocycles. The lowest BCUT2D eigenvalue weighted by Crippen LogP contribution is -2.32. The van der Waals surface area contributed by atoms with Crippen LogP contribution in [0.3, 0.4) is 0 Å². The molecule has 0 atom stereocenters. The number of aryl methyl sites for hydroxylation is 1. The zero-order valence-electron chi connectivity index (χ0n) is 16.3. The highest BCUT2D eigenvalue weighted by atomic mass is 32.2. The van der Waals surface area contributed by atoms with Gasteiger partial charge in [0.25, 0.3) is 0 Å². The van der Waals surface area contributed by atoms with Crippen LogP contribution in [-0.2, 0) is 21.2 Å². The molecule has 1 aromatic heterocycles. The molecule has 1 heterocycles. The van der Waals surface area contributed by atoms with Crippen LogP contribution in [0.2, 0.25) is 0 Å². The number of carbonyl (C=O) groups excluding carboxylic acids is 1. The molecule has 29 heavy (non-hydrogen) atoms. The fourth-order valence-corrected chi connectivity index (χ4v) is 5.01. The molecular weight excluding hydrogens is 406 g/mol. The van der Waals surface area contributed by atoms with Gasteiger partial charge in [0.05, 0.1) is 12.1 Å². The molecule has 1 amide bonds. The number of hydrogen-bond acceptors (Lipinski definition) is 5. The average Bonchev–Trinajstić information content (AvgIpc) is 3.09. The third-order valence-corrected chi connectivity index (χ3v) is 7.13. The summed E-state index contributed by atoms with van der Waals surface area (Å²) in [5.74, 6) is -0.131. The van der Waals surface area contributed by atoms with Gasteiger partial charge in [-0.1, -0.05) is 72.9 Å². The molecule has 2 aromatic carbocycles. The summed E-state index contributed by atoms with van der Waals surface area (Å²) in [6.45, 7) is 3.99. The minimum absolute atomic E-state index is 0.00591. The number of benzene rings is 2. The molecule has 2 N–H and O–H groups in total. The highest BCUT2D eigenvalue weighted by Gasteiger charge is 2.24. The lowest BCUT2D eigenvalue weighted by Gasteiger charge is -2.19. The maximum Gasteiger partial charge on any atom is 0.249 e. The summed E-state index contributed by atoms with van der Waals surface area (Å²) in [5.41, 5.74) is 3.40. The minimum Gasteiger partial charge on any atom is -0.288 e. The SMILES string of the molecule is CCCN(C(=O)Cc1ccc(-c2ccccc2)cc1)c1nc(C)c(S(N)(=O)=O)s1. The van der Waals surface area contributed by atoms with Crippen LogP contribution in [0.25, 0.3) is 11.1 Å². The molecule has 0 aliphatic rings. The zero-order valence-corrected chi connectivity index (χ0v) is 18.0. The number of rotatable bonds is 7. The molecule has 3 aromatic rings. The van der Waals surface area contributed by atoms with Crippen LogP contribution in [0.5, 0.6) is 0 Å². The van der Waals surface area contributed by atoms with Crippen molar-refractivity contribution in [3.8, 4) is 11.1 Å². The van der Waals surface area contributed by atoms with Crippen LogP contribution < -0.4 is 10.0 Å². The lowest BCUT2D eigenvalue weighted by molar-refractivity contribution is -0.118. The van der Waals surface area contributed by atoms with E-state index in [1.165, 1.54) is 4.90 Å². The highest BCUT2D eigenvalue weighted by Crippen LogP contribution is 2.30. The first-order chi connectivity index (χ1) is 13.8. The number of nitrogens with zero attached hydrogens (tertiary/aromatic N) is 2. The number of aromatic nitrogens is 1. The molecule has 0 aliphatic heterocycles. The number of carbonyl (C=O) groups is 1. The Labute approximate surface area is 175 Å². The van der Waals surface area contributed by atoms with Crippen LogP contribution in [0.4, 0.5) is 5.13 Å². The quantitative estimate of drug-likeness (QED) is 0.619. The molecule has 152 valence electrons. The van der Waals surface area contributed by atoms with E-state index in [2.05, 4.69) is 4.98 Å². The molecule has 3 rings (SSSR count). The fourth-order valence-electron chi connectivity index (χ4n) is 3.01. The zero-order chi connectivity index (χ0) is 21.0.